The van der Waals surface area contributed by atoms with Crippen molar-refractivity contribution >= 4 is 5.91 Å². The molecule has 4 nitrogen and oxygen atoms in total. The molecule has 1 aliphatic heterocycles. The molecule has 1 aromatic rings. The monoisotopic (exact) mass is 248 g/mol. The van der Waals surface area contributed by atoms with Crippen molar-refractivity contribution in [1.82, 2.24) is 9.88 Å². The SMILES string of the molecule is CCC1CCCCN1C(=O)COc1cccnc1. The van der Waals surface area contributed by atoms with Gasteiger partial charge in [0.05, 0.1) is 6.20 Å². The van der Waals surface area contributed by atoms with Crippen molar-refractivity contribution in [1.29, 1.82) is 0 Å². The first-order valence-electron chi connectivity index (χ1n) is 6.63. The number of pyridine rings is 1. The first kappa shape index (κ1) is 12.9. The second kappa shape index (κ2) is 6.38. The molecule has 1 atom stereocenters. The Morgan fingerprint density at radius 3 is 3.17 bits per heavy atom. The fraction of sp³-hybridized carbons (Fsp3) is 0.571. The van der Waals surface area contributed by atoms with E-state index >= 15 is 0 Å². The number of hydrogen-bond acceptors (Lipinski definition) is 3. The normalized spacial score (nSPS) is 19.6. The Balaban J connectivity index is 1.87. The largest absolute Gasteiger partial charge is 0.482 e. The topological polar surface area (TPSA) is 42.4 Å². The molecule has 4 heteroatoms. The number of ether oxygens (including phenoxy) is 1. The summed E-state index contributed by atoms with van der Waals surface area (Å²) in [7, 11) is 0. The van der Waals surface area contributed by atoms with Crippen LogP contribution in [0.25, 0.3) is 0 Å². The molecule has 0 aromatic carbocycles. The van der Waals surface area contributed by atoms with E-state index in [1.54, 1.807) is 18.5 Å². The highest BCUT2D eigenvalue weighted by molar-refractivity contribution is 5.78. The number of aromatic nitrogens is 1. The van der Waals surface area contributed by atoms with E-state index in [0.29, 0.717) is 11.8 Å². The first-order valence-corrected chi connectivity index (χ1v) is 6.63. The van der Waals surface area contributed by atoms with Crippen LogP contribution >= 0.6 is 0 Å². The average molecular weight is 248 g/mol. The van der Waals surface area contributed by atoms with Crippen molar-refractivity contribution in [2.24, 2.45) is 0 Å². The van der Waals surface area contributed by atoms with E-state index in [1.807, 2.05) is 11.0 Å². The minimum Gasteiger partial charge on any atom is -0.482 e. The van der Waals surface area contributed by atoms with E-state index in [-0.39, 0.29) is 12.5 Å². The number of piperidine rings is 1. The third-order valence-electron chi connectivity index (χ3n) is 3.42. The van der Waals surface area contributed by atoms with Crippen LogP contribution in [0, 0.1) is 0 Å². The van der Waals surface area contributed by atoms with Crippen LogP contribution in [0.4, 0.5) is 0 Å². The highest BCUT2D eigenvalue weighted by Gasteiger charge is 2.25. The number of hydrogen-bond donors (Lipinski definition) is 0. The Labute approximate surface area is 108 Å². The van der Waals surface area contributed by atoms with Gasteiger partial charge in [-0.2, -0.15) is 0 Å². The van der Waals surface area contributed by atoms with Gasteiger partial charge in [0, 0.05) is 18.8 Å². The lowest BCUT2D eigenvalue weighted by Crippen LogP contribution is -2.45. The van der Waals surface area contributed by atoms with Gasteiger partial charge in [-0.1, -0.05) is 6.92 Å². The zero-order valence-corrected chi connectivity index (χ0v) is 10.8. The summed E-state index contributed by atoms with van der Waals surface area (Å²) in [5.74, 6) is 0.737. The molecule has 0 spiro atoms. The molecule has 1 unspecified atom stereocenters. The number of likely N-dealkylation sites (tertiary alicyclic amines) is 1. The van der Waals surface area contributed by atoms with E-state index in [9.17, 15) is 4.79 Å². The third-order valence-corrected chi connectivity index (χ3v) is 3.42. The van der Waals surface area contributed by atoms with Gasteiger partial charge in [0.25, 0.3) is 5.91 Å². The van der Waals surface area contributed by atoms with E-state index < -0.39 is 0 Å². The average Bonchev–Trinajstić information content (AvgIpc) is 2.45. The standard InChI is InChI=1S/C14H20N2O2/c1-2-12-6-3-4-9-16(12)14(17)11-18-13-7-5-8-15-10-13/h5,7-8,10,12H,2-4,6,9,11H2,1H3. The van der Waals surface area contributed by atoms with Gasteiger partial charge in [0.2, 0.25) is 0 Å². The number of nitrogens with zero attached hydrogens (tertiary/aromatic N) is 2. The second-order valence-electron chi connectivity index (χ2n) is 4.62. The summed E-state index contributed by atoms with van der Waals surface area (Å²) >= 11 is 0. The maximum atomic E-state index is 12.1. The summed E-state index contributed by atoms with van der Waals surface area (Å²) in [4.78, 5) is 18.0. The smallest absolute Gasteiger partial charge is 0.260 e. The van der Waals surface area contributed by atoms with Gasteiger partial charge in [-0.3, -0.25) is 9.78 Å². The fourth-order valence-electron chi connectivity index (χ4n) is 2.41. The summed E-state index contributed by atoms with van der Waals surface area (Å²) in [5.41, 5.74) is 0. The van der Waals surface area contributed by atoms with Crippen molar-refractivity contribution < 1.29 is 9.53 Å². The van der Waals surface area contributed by atoms with Crippen LogP contribution in [0.5, 0.6) is 5.75 Å². The lowest BCUT2D eigenvalue weighted by molar-refractivity contribution is -0.137. The summed E-state index contributed by atoms with van der Waals surface area (Å²) in [6.07, 6.45) is 7.79. The van der Waals surface area contributed by atoms with Gasteiger partial charge < -0.3 is 9.64 Å². The maximum absolute atomic E-state index is 12.1. The van der Waals surface area contributed by atoms with Crippen molar-refractivity contribution in [3.63, 3.8) is 0 Å². The van der Waals surface area contributed by atoms with Gasteiger partial charge in [-0.05, 0) is 37.8 Å². The highest BCUT2D eigenvalue weighted by Crippen LogP contribution is 2.19. The van der Waals surface area contributed by atoms with Crippen LogP contribution < -0.4 is 4.74 Å². The molecule has 1 amide bonds. The molecular weight excluding hydrogens is 228 g/mol. The summed E-state index contributed by atoms with van der Waals surface area (Å²) < 4.78 is 5.46. The van der Waals surface area contributed by atoms with Gasteiger partial charge >= 0.3 is 0 Å². The quantitative estimate of drug-likeness (QED) is 0.820. The van der Waals surface area contributed by atoms with Crippen molar-refractivity contribution in [3.05, 3.63) is 24.5 Å². The predicted molar refractivity (Wildman–Crippen MR) is 69.4 cm³/mol. The summed E-state index contributed by atoms with van der Waals surface area (Å²) in [6.45, 7) is 3.12. The number of amides is 1. The molecular formula is C14H20N2O2. The molecule has 0 saturated carbocycles. The van der Waals surface area contributed by atoms with E-state index in [2.05, 4.69) is 11.9 Å². The van der Waals surface area contributed by atoms with Crippen LogP contribution in [-0.4, -0.2) is 35.0 Å². The van der Waals surface area contributed by atoms with Gasteiger partial charge in [-0.25, -0.2) is 0 Å². The van der Waals surface area contributed by atoms with Crippen molar-refractivity contribution in [2.75, 3.05) is 13.2 Å². The molecule has 2 rings (SSSR count). The maximum Gasteiger partial charge on any atom is 0.260 e. The molecule has 1 fully saturated rings. The van der Waals surface area contributed by atoms with Crippen LogP contribution in [0.15, 0.2) is 24.5 Å². The molecule has 0 N–H and O–H groups in total. The molecule has 0 aliphatic carbocycles. The Morgan fingerprint density at radius 1 is 1.56 bits per heavy atom. The predicted octanol–water partition coefficient (Wildman–Crippen LogP) is 2.25. The summed E-state index contributed by atoms with van der Waals surface area (Å²) in [5, 5.41) is 0. The van der Waals surface area contributed by atoms with Gasteiger partial charge in [0.15, 0.2) is 6.61 Å². The van der Waals surface area contributed by atoms with Crippen LogP contribution in [-0.2, 0) is 4.79 Å². The molecule has 18 heavy (non-hydrogen) atoms. The van der Waals surface area contributed by atoms with E-state index in [0.717, 1.165) is 25.8 Å². The van der Waals surface area contributed by atoms with Gasteiger partial charge in [0.1, 0.15) is 5.75 Å². The van der Waals surface area contributed by atoms with E-state index in [4.69, 9.17) is 4.74 Å². The molecule has 1 aliphatic rings. The fourth-order valence-corrected chi connectivity index (χ4v) is 2.41. The molecule has 1 saturated heterocycles. The van der Waals surface area contributed by atoms with Crippen LogP contribution in [0.1, 0.15) is 32.6 Å². The molecule has 0 radical (unpaired) electrons. The molecule has 2 heterocycles. The zero-order chi connectivity index (χ0) is 12.8. The lowest BCUT2D eigenvalue weighted by Gasteiger charge is -2.35. The second-order valence-corrected chi connectivity index (χ2v) is 4.62. The Bertz CT molecular complexity index is 381. The van der Waals surface area contributed by atoms with Crippen LogP contribution in [0.3, 0.4) is 0 Å². The number of carbonyl (C=O) groups is 1. The Morgan fingerprint density at radius 2 is 2.44 bits per heavy atom. The Hall–Kier alpha value is -1.58. The number of rotatable bonds is 4. The lowest BCUT2D eigenvalue weighted by atomic mass is 10.00. The minimum absolute atomic E-state index is 0.0883. The Kier molecular flexibility index (Phi) is 4.56. The van der Waals surface area contributed by atoms with Crippen molar-refractivity contribution in [2.45, 2.75) is 38.6 Å². The van der Waals surface area contributed by atoms with Crippen LogP contribution in [0.2, 0.25) is 0 Å². The first-order chi connectivity index (χ1) is 8.81. The van der Waals surface area contributed by atoms with E-state index in [1.165, 1.54) is 6.42 Å². The minimum atomic E-state index is 0.0883. The van der Waals surface area contributed by atoms with Crippen molar-refractivity contribution in [3.8, 4) is 5.75 Å². The molecule has 0 bridgehead atoms. The third kappa shape index (κ3) is 3.22. The zero-order valence-electron chi connectivity index (χ0n) is 10.8. The molecule has 1 aromatic heterocycles. The van der Waals surface area contributed by atoms with Gasteiger partial charge in [-0.15, -0.1) is 0 Å². The summed E-state index contributed by atoms with van der Waals surface area (Å²) in [6, 6.07) is 4.01. The molecule has 98 valence electrons. The number of carbonyl (C=O) groups excluding carboxylic acids is 1. The highest BCUT2D eigenvalue weighted by atomic mass is 16.5.